The Hall–Kier alpha value is -2.27. The summed E-state index contributed by atoms with van der Waals surface area (Å²) in [5.41, 5.74) is 0.884. The molecule has 0 radical (unpaired) electrons. The predicted molar refractivity (Wildman–Crippen MR) is 74.3 cm³/mol. The van der Waals surface area contributed by atoms with Crippen LogP contribution < -0.4 is 5.32 Å². The highest BCUT2D eigenvalue weighted by molar-refractivity contribution is 5.82. The lowest BCUT2D eigenvalue weighted by Crippen LogP contribution is -2.31. The number of carbonyl (C=O) groups is 1. The van der Waals surface area contributed by atoms with Gasteiger partial charge >= 0.3 is 0 Å². The van der Waals surface area contributed by atoms with E-state index in [2.05, 4.69) is 5.32 Å². The van der Waals surface area contributed by atoms with Gasteiger partial charge in [0.1, 0.15) is 0 Å². The van der Waals surface area contributed by atoms with Crippen LogP contribution in [0, 0.1) is 11.6 Å². The fourth-order valence-electron chi connectivity index (χ4n) is 1.94. The number of benzene rings is 2. The Labute approximate surface area is 121 Å². The zero-order valence-electron chi connectivity index (χ0n) is 11.4. The van der Waals surface area contributed by atoms with Gasteiger partial charge in [0.05, 0.1) is 6.04 Å². The van der Waals surface area contributed by atoms with Crippen LogP contribution in [0.5, 0.6) is 0 Å². The smallest absolute Gasteiger partial charge is 0.253 e. The summed E-state index contributed by atoms with van der Waals surface area (Å²) in [6.07, 6.45) is -1.31. The summed E-state index contributed by atoms with van der Waals surface area (Å²) in [6.45, 7) is 1.63. The van der Waals surface area contributed by atoms with Gasteiger partial charge in [-0.25, -0.2) is 8.78 Å². The highest BCUT2D eigenvalue weighted by Crippen LogP contribution is 2.18. The van der Waals surface area contributed by atoms with E-state index in [-0.39, 0.29) is 0 Å². The summed E-state index contributed by atoms with van der Waals surface area (Å²) in [6, 6.07) is 11.3. The van der Waals surface area contributed by atoms with Gasteiger partial charge in [-0.05, 0) is 30.2 Å². The van der Waals surface area contributed by atoms with Crippen molar-refractivity contribution in [1.82, 2.24) is 5.32 Å². The fourth-order valence-corrected chi connectivity index (χ4v) is 1.94. The Morgan fingerprint density at radius 1 is 1.05 bits per heavy atom. The van der Waals surface area contributed by atoms with Crippen LogP contribution in [0.15, 0.2) is 48.5 Å². The first-order valence-corrected chi connectivity index (χ1v) is 6.47. The van der Waals surface area contributed by atoms with Crippen molar-refractivity contribution in [2.45, 2.75) is 19.1 Å². The SMILES string of the molecule is CC(NC(=O)C(O)c1ccccc1)c1ccc(F)c(F)c1. The number of hydrogen-bond donors (Lipinski definition) is 2. The van der Waals surface area contributed by atoms with Crippen molar-refractivity contribution in [2.24, 2.45) is 0 Å². The molecule has 0 aromatic heterocycles. The molecule has 110 valence electrons. The minimum absolute atomic E-state index is 0.419. The zero-order valence-corrected chi connectivity index (χ0v) is 11.4. The van der Waals surface area contributed by atoms with Crippen LogP contribution in [0.25, 0.3) is 0 Å². The van der Waals surface area contributed by atoms with Crippen LogP contribution in [0.1, 0.15) is 30.2 Å². The lowest BCUT2D eigenvalue weighted by Gasteiger charge is -2.17. The van der Waals surface area contributed by atoms with Gasteiger partial charge in [0.2, 0.25) is 0 Å². The summed E-state index contributed by atoms with van der Waals surface area (Å²) < 4.78 is 26.0. The Bertz CT molecular complexity index is 631. The first-order chi connectivity index (χ1) is 9.99. The quantitative estimate of drug-likeness (QED) is 0.910. The van der Waals surface area contributed by atoms with Crippen molar-refractivity contribution in [3.8, 4) is 0 Å². The highest BCUT2D eigenvalue weighted by atomic mass is 19.2. The Balaban J connectivity index is 2.06. The third-order valence-corrected chi connectivity index (χ3v) is 3.17. The predicted octanol–water partition coefficient (Wildman–Crippen LogP) is 2.88. The molecule has 0 saturated carbocycles. The minimum Gasteiger partial charge on any atom is -0.378 e. The lowest BCUT2D eigenvalue weighted by atomic mass is 10.1. The maximum atomic E-state index is 13.2. The van der Waals surface area contributed by atoms with E-state index in [1.807, 2.05) is 0 Å². The minimum atomic E-state index is -1.31. The number of rotatable bonds is 4. The summed E-state index contributed by atoms with van der Waals surface area (Å²) in [7, 11) is 0. The van der Waals surface area contributed by atoms with Crippen molar-refractivity contribution in [3.63, 3.8) is 0 Å². The van der Waals surface area contributed by atoms with Crippen molar-refractivity contribution < 1.29 is 18.7 Å². The highest BCUT2D eigenvalue weighted by Gasteiger charge is 2.19. The van der Waals surface area contributed by atoms with Crippen molar-refractivity contribution in [3.05, 3.63) is 71.3 Å². The second kappa shape index (κ2) is 6.45. The van der Waals surface area contributed by atoms with Crippen LogP contribution in [0.2, 0.25) is 0 Å². The van der Waals surface area contributed by atoms with Crippen LogP contribution in [-0.4, -0.2) is 11.0 Å². The third kappa shape index (κ3) is 3.64. The zero-order chi connectivity index (χ0) is 15.4. The Kier molecular flexibility index (Phi) is 4.65. The Morgan fingerprint density at radius 3 is 2.33 bits per heavy atom. The molecule has 0 saturated heterocycles. The van der Waals surface area contributed by atoms with Gasteiger partial charge in [0.25, 0.3) is 5.91 Å². The van der Waals surface area contributed by atoms with E-state index in [0.717, 1.165) is 12.1 Å². The van der Waals surface area contributed by atoms with E-state index in [0.29, 0.717) is 11.1 Å². The van der Waals surface area contributed by atoms with Crippen LogP contribution in [-0.2, 0) is 4.79 Å². The number of hydrogen-bond acceptors (Lipinski definition) is 2. The van der Waals surface area contributed by atoms with Crippen molar-refractivity contribution in [1.29, 1.82) is 0 Å². The molecule has 2 N–H and O–H groups in total. The molecule has 0 fully saturated rings. The van der Waals surface area contributed by atoms with E-state index >= 15 is 0 Å². The number of nitrogens with one attached hydrogen (secondary N) is 1. The van der Waals surface area contributed by atoms with Gasteiger partial charge in [0.15, 0.2) is 17.7 Å². The largest absolute Gasteiger partial charge is 0.378 e. The van der Waals surface area contributed by atoms with E-state index in [1.165, 1.54) is 6.07 Å². The molecule has 5 heteroatoms. The first kappa shape index (κ1) is 15.1. The van der Waals surface area contributed by atoms with Crippen LogP contribution in [0.3, 0.4) is 0 Å². The molecule has 21 heavy (non-hydrogen) atoms. The monoisotopic (exact) mass is 291 g/mol. The average Bonchev–Trinajstić information content (AvgIpc) is 2.50. The molecule has 2 rings (SSSR count). The lowest BCUT2D eigenvalue weighted by molar-refractivity contribution is -0.130. The second-order valence-electron chi connectivity index (χ2n) is 4.72. The van der Waals surface area contributed by atoms with Crippen LogP contribution in [0.4, 0.5) is 8.78 Å². The molecule has 1 amide bonds. The van der Waals surface area contributed by atoms with Crippen molar-refractivity contribution >= 4 is 5.91 Å². The van der Waals surface area contributed by atoms with E-state index < -0.39 is 29.7 Å². The molecule has 2 aromatic rings. The molecule has 0 aliphatic heterocycles. The maximum absolute atomic E-state index is 13.2. The molecule has 0 aliphatic rings. The van der Waals surface area contributed by atoms with Crippen LogP contribution >= 0.6 is 0 Å². The topological polar surface area (TPSA) is 49.3 Å². The molecule has 2 aromatic carbocycles. The standard InChI is InChI=1S/C16H15F2NO2/c1-10(12-7-8-13(17)14(18)9-12)19-16(21)15(20)11-5-3-2-4-6-11/h2-10,15,20H,1H3,(H,19,21). The molecule has 0 bridgehead atoms. The van der Waals surface area contributed by atoms with E-state index in [1.54, 1.807) is 37.3 Å². The summed E-state index contributed by atoms with van der Waals surface area (Å²) in [5.74, 6) is -2.52. The molecule has 3 nitrogen and oxygen atoms in total. The summed E-state index contributed by atoms with van der Waals surface area (Å²) >= 11 is 0. The number of carbonyl (C=O) groups excluding carboxylic acids is 1. The summed E-state index contributed by atoms with van der Waals surface area (Å²) in [5, 5.41) is 12.5. The van der Waals surface area contributed by atoms with E-state index in [4.69, 9.17) is 0 Å². The normalized spacial score (nSPS) is 13.5. The second-order valence-corrected chi connectivity index (χ2v) is 4.72. The number of aliphatic hydroxyl groups is 1. The van der Waals surface area contributed by atoms with Gasteiger partial charge in [-0.1, -0.05) is 36.4 Å². The number of amides is 1. The van der Waals surface area contributed by atoms with Gasteiger partial charge in [0, 0.05) is 0 Å². The molecule has 0 spiro atoms. The van der Waals surface area contributed by atoms with Gasteiger partial charge in [-0.2, -0.15) is 0 Å². The molecule has 2 unspecified atom stereocenters. The fraction of sp³-hybridized carbons (Fsp3) is 0.188. The van der Waals surface area contributed by atoms with Crippen molar-refractivity contribution in [2.75, 3.05) is 0 Å². The Morgan fingerprint density at radius 2 is 1.71 bits per heavy atom. The average molecular weight is 291 g/mol. The summed E-state index contributed by atoms with van der Waals surface area (Å²) in [4.78, 5) is 12.0. The van der Waals surface area contributed by atoms with Gasteiger partial charge in [-0.15, -0.1) is 0 Å². The van der Waals surface area contributed by atoms with Gasteiger partial charge in [-0.3, -0.25) is 4.79 Å². The molecule has 0 aliphatic carbocycles. The van der Waals surface area contributed by atoms with E-state index in [9.17, 15) is 18.7 Å². The number of aliphatic hydroxyl groups excluding tert-OH is 1. The molecule has 2 atom stereocenters. The molecular formula is C16H15F2NO2. The number of halogens is 2. The third-order valence-electron chi connectivity index (χ3n) is 3.17. The first-order valence-electron chi connectivity index (χ1n) is 6.47. The maximum Gasteiger partial charge on any atom is 0.253 e. The van der Waals surface area contributed by atoms with Gasteiger partial charge < -0.3 is 10.4 Å². The molecular weight excluding hydrogens is 276 g/mol. The molecule has 0 heterocycles.